The number of rotatable bonds is 5. The van der Waals surface area contributed by atoms with E-state index in [1.165, 1.54) is 12.1 Å². The maximum atomic E-state index is 12.4. The molecule has 0 aliphatic carbocycles. The summed E-state index contributed by atoms with van der Waals surface area (Å²) >= 11 is 6.39. The molecule has 5 nitrogen and oxygen atoms in total. The van der Waals surface area contributed by atoms with Gasteiger partial charge in [-0.15, -0.1) is 0 Å². The largest absolute Gasteiger partial charge is 0.399 e. The minimum Gasteiger partial charge on any atom is -0.399 e. The van der Waals surface area contributed by atoms with Crippen LogP contribution in [-0.2, 0) is 10.0 Å². The van der Waals surface area contributed by atoms with Crippen LogP contribution in [0.25, 0.3) is 0 Å². The molecular formula is C11H16Br2N2O3S. The van der Waals surface area contributed by atoms with Crippen molar-refractivity contribution in [2.75, 3.05) is 12.3 Å². The van der Waals surface area contributed by atoms with Gasteiger partial charge in [0.05, 0.1) is 12.1 Å². The zero-order valence-electron chi connectivity index (χ0n) is 10.6. The van der Waals surface area contributed by atoms with Crippen LogP contribution in [0.15, 0.2) is 26.0 Å². The normalized spacial score (nSPS) is 15.2. The minimum absolute atomic E-state index is 0.0647. The van der Waals surface area contributed by atoms with Crippen molar-refractivity contribution in [2.45, 2.75) is 30.7 Å². The van der Waals surface area contributed by atoms with E-state index in [-0.39, 0.29) is 11.5 Å². The molecule has 8 heteroatoms. The van der Waals surface area contributed by atoms with Gasteiger partial charge in [-0.1, -0.05) is 6.92 Å². The molecule has 0 aliphatic rings. The zero-order valence-corrected chi connectivity index (χ0v) is 14.6. The van der Waals surface area contributed by atoms with Crippen molar-refractivity contribution in [2.24, 2.45) is 0 Å². The number of hydrogen-bond acceptors (Lipinski definition) is 4. The number of nitrogen functional groups attached to an aromatic ring is 1. The summed E-state index contributed by atoms with van der Waals surface area (Å²) < 4.78 is 28.0. The van der Waals surface area contributed by atoms with Crippen LogP contribution in [0.1, 0.15) is 20.3 Å². The summed E-state index contributed by atoms with van der Waals surface area (Å²) in [6, 6.07) is 3.03. The lowest BCUT2D eigenvalue weighted by atomic mass is 10.0. The summed E-state index contributed by atoms with van der Waals surface area (Å²) in [6.45, 7) is 3.16. The van der Waals surface area contributed by atoms with Crippen LogP contribution in [0.2, 0.25) is 0 Å². The molecule has 0 saturated heterocycles. The minimum atomic E-state index is -3.78. The lowest BCUT2D eigenvalue weighted by molar-refractivity contribution is 0.191. The standard InChI is InChI=1S/C11H16Br2N2O3S/c1-3-11(2,6-16)15-19(17,18)10-8(12)4-7(14)5-9(10)13/h4-5,15-16H,3,6,14H2,1-2H3. The van der Waals surface area contributed by atoms with Crippen LogP contribution in [0, 0.1) is 0 Å². The summed E-state index contributed by atoms with van der Waals surface area (Å²) in [7, 11) is -3.78. The Morgan fingerprint density at radius 1 is 1.37 bits per heavy atom. The Kier molecular flexibility index (Phi) is 5.42. The van der Waals surface area contributed by atoms with Gasteiger partial charge in [0.2, 0.25) is 10.0 Å². The SMILES string of the molecule is CCC(C)(CO)NS(=O)(=O)c1c(Br)cc(N)cc1Br. The van der Waals surface area contributed by atoms with Gasteiger partial charge in [-0.05, 0) is 57.3 Å². The zero-order chi connectivity index (χ0) is 14.8. The Hall–Kier alpha value is -0.150. The first kappa shape index (κ1) is 16.9. The molecule has 0 aromatic heterocycles. The highest BCUT2D eigenvalue weighted by Crippen LogP contribution is 2.33. The van der Waals surface area contributed by atoms with Gasteiger partial charge in [0.25, 0.3) is 0 Å². The molecule has 0 spiro atoms. The number of aliphatic hydroxyl groups excluding tert-OH is 1. The third kappa shape index (κ3) is 3.91. The molecule has 1 aromatic rings. The van der Waals surface area contributed by atoms with E-state index in [2.05, 4.69) is 36.6 Å². The van der Waals surface area contributed by atoms with Crippen molar-refractivity contribution in [3.63, 3.8) is 0 Å². The van der Waals surface area contributed by atoms with E-state index in [0.717, 1.165) is 0 Å². The Morgan fingerprint density at radius 2 is 1.84 bits per heavy atom. The van der Waals surface area contributed by atoms with Gasteiger partial charge in [-0.25, -0.2) is 13.1 Å². The molecule has 0 aliphatic heterocycles. The van der Waals surface area contributed by atoms with E-state index in [0.29, 0.717) is 21.1 Å². The van der Waals surface area contributed by atoms with Crippen molar-refractivity contribution >= 4 is 47.6 Å². The van der Waals surface area contributed by atoms with Crippen molar-refractivity contribution < 1.29 is 13.5 Å². The second-order valence-corrected chi connectivity index (χ2v) is 7.82. The predicted molar refractivity (Wildman–Crippen MR) is 82.4 cm³/mol. The molecule has 0 heterocycles. The number of anilines is 1. The molecular weight excluding hydrogens is 400 g/mol. The molecule has 0 radical (unpaired) electrons. The Morgan fingerprint density at radius 3 is 2.21 bits per heavy atom. The van der Waals surface area contributed by atoms with Gasteiger partial charge in [-0.2, -0.15) is 0 Å². The van der Waals surface area contributed by atoms with E-state index in [1.54, 1.807) is 13.8 Å². The number of benzene rings is 1. The Bertz CT molecular complexity index is 548. The molecule has 0 amide bonds. The summed E-state index contributed by atoms with van der Waals surface area (Å²) in [5.74, 6) is 0. The summed E-state index contributed by atoms with van der Waals surface area (Å²) in [5, 5.41) is 9.31. The van der Waals surface area contributed by atoms with Crippen LogP contribution in [0.4, 0.5) is 5.69 Å². The highest BCUT2D eigenvalue weighted by molar-refractivity contribution is 9.11. The molecule has 1 aromatic carbocycles. The van der Waals surface area contributed by atoms with E-state index < -0.39 is 15.6 Å². The maximum Gasteiger partial charge on any atom is 0.243 e. The molecule has 1 unspecified atom stereocenters. The number of hydrogen-bond donors (Lipinski definition) is 3. The fourth-order valence-electron chi connectivity index (χ4n) is 1.43. The quantitative estimate of drug-likeness (QED) is 0.643. The molecule has 1 rings (SSSR count). The van der Waals surface area contributed by atoms with Crippen molar-refractivity contribution in [3.05, 3.63) is 21.1 Å². The lowest BCUT2D eigenvalue weighted by Gasteiger charge is -2.27. The summed E-state index contributed by atoms with van der Waals surface area (Å²) in [4.78, 5) is 0.0647. The van der Waals surface area contributed by atoms with Crippen LogP contribution in [-0.4, -0.2) is 25.7 Å². The fraction of sp³-hybridized carbons (Fsp3) is 0.455. The fourth-order valence-corrected chi connectivity index (χ4v) is 5.52. The maximum absolute atomic E-state index is 12.4. The average Bonchev–Trinajstić information content (AvgIpc) is 2.26. The lowest BCUT2D eigenvalue weighted by Crippen LogP contribution is -2.48. The smallest absolute Gasteiger partial charge is 0.243 e. The van der Waals surface area contributed by atoms with Crippen molar-refractivity contribution in [3.8, 4) is 0 Å². The van der Waals surface area contributed by atoms with Crippen LogP contribution >= 0.6 is 31.9 Å². The third-order valence-corrected chi connectivity index (χ3v) is 6.31. The molecule has 0 bridgehead atoms. The van der Waals surface area contributed by atoms with Crippen LogP contribution < -0.4 is 10.5 Å². The van der Waals surface area contributed by atoms with Gasteiger partial charge in [0.15, 0.2) is 0 Å². The second-order valence-electron chi connectivity index (χ2n) is 4.49. The number of sulfonamides is 1. The Balaban J connectivity index is 3.29. The predicted octanol–water partition coefficient (Wildman–Crippen LogP) is 2.23. The first-order valence-electron chi connectivity index (χ1n) is 5.54. The molecule has 1 atom stereocenters. The van der Waals surface area contributed by atoms with E-state index in [9.17, 15) is 13.5 Å². The van der Waals surface area contributed by atoms with Crippen molar-refractivity contribution in [1.29, 1.82) is 0 Å². The van der Waals surface area contributed by atoms with E-state index >= 15 is 0 Å². The topological polar surface area (TPSA) is 92.4 Å². The highest BCUT2D eigenvalue weighted by atomic mass is 79.9. The molecule has 0 fully saturated rings. The van der Waals surface area contributed by atoms with E-state index in [4.69, 9.17) is 5.73 Å². The summed E-state index contributed by atoms with van der Waals surface area (Å²) in [6.07, 6.45) is 0.465. The van der Waals surface area contributed by atoms with Gasteiger partial charge in [-0.3, -0.25) is 0 Å². The van der Waals surface area contributed by atoms with Crippen LogP contribution in [0.5, 0.6) is 0 Å². The summed E-state index contributed by atoms with van der Waals surface area (Å²) in [5.41, 5.74) is 5.18. The average molecular weight is 416 g/mol. The molecule has 19 heavy (non-hydrogen) atoms. The highest BCUT2D eigenvalue weighted by Gasteiger charge is 2.31. The molecule has 0 saturated carbocycles. The third-order valence-electron chi connectivity index (χ3n) is 2.80. The monoisotopic (exact) mass is 414 g/mol. The number of nitrogens with one attached hydrogen (secondary N) is 1. The first-order valence-corrected chi connectivity index (χ1v) is 8.61. The van der Waals surface area contributed by atoms with Gasteiger partial charge in [0.1, 0.15) is 4.90 Å². The number of aliphatic hydroxyl groups is 1. The molecule has 108 valence electrons. The van der Waals surface area contributed by atoms with Gasteiger partial charge < -0.3 is 10.8 Å². The Labute approximate surface area is 129 Å². The van der Waals surface area contributed by atoms with Gasteiger partial charge >= 0.3 is 0 Å². The van der Waals surface area contributed by atoms with Crippen molar-refractivity contribution in [1.82, 2.24) is 4.72 Å². The molecule has 4 N–H and O–H groups in total. The number of nitrogens with two attached hydrogens (primary N) is 1. The van der Waals surface area contributed by atoms with Gasteiger partial charge in [0, 0.05) is 14.6 Å². The first-order chi connectivity index (χ1) is 8.65. The second kappa shape index (κ2) is 6.09. The van der Waals surface area contributed by atoms with Crippen LogP contribution in [0.3, 0.4) is 0 Å². The number of halogens is 2. The van der Waals surface area contributed by atoms with E-state index in [1.807, 2.05) is 0 Å².